The van der Waals surface area contributed by atoms with Crippen LogP contribution in [0, 0.1) is 12.8 Å². The van der Waals surface area contributed by atoms with Crippen molar-refractivity contribution in [2.75, 3.05) is 25.0 Å². The highest BCUT2D eigenvalue weighted by Crippen LogP contribution is 2.29. The number of rotatable bonds is 6. The van der Waals surface area contributed by atoms with Gasteiger partial charge in [-0.1, -0.05) is 12.8 Å². The highest BCUT2D eigenvalue weighted by atomic mass is 16.2. The molecule has 126 valence electrons. The van der Waals surface area contributed by atoms with Crippen molar-refractivity contribution < 1.29 is 4.79 Å². The first-order valence-electron chi connectivity index (χ1n) is 8.73. The minimum Gasteiger partial charge on any atom is -0.370 e. The molecule has 1 saturated carbocycles. The Morgan fingerprint density at radius 2 is 2.13 bits per heavy atom. The summed E-state index contributed by atoms with van der Waals surface area (Å²) in [5.41, 5.74) is 6.57. The summed E-state index contributed by atoms with van der Waals surface area (Å²) < 4.78 is 0. The van der Waals surface area contributed by atoms with Crippen LogP contribution in [0.4, 0.5) is 5.82 Å². The van der Waals surface area contributed by atoms with Crippen LogP contribution in [0.2, 0.25) is 0 Å². The second kappa shape index (κ2) is 7.25. The van der Waals surface area contributed by atoms with Crippen molar-refractivity contribution in [3.8, 4) is 0 Å². The summed E-state index contributed by atoms with van der Waals surface area (Å²) in [5, 5.41) is 3.39. The van der Waals surface area contributed by atoms with Crippen LogP contribution in [-0.2, 0) is 11.2 Å². The number of hydrogen-bond donors (Lipinski definition) is 2. The molecule has 2 heterocycles. The predicted octanol–water partition coefficient (Wildman–Crippen LogP) is 1.49. The van der Waals surface area contributed by atoms with Crippen molar-refractivity contribution in [3.63, 3.8) is 0 Å². The molecule has 6 heteroatoms. The average molecular weight is 317 g/mol. The molecule has 23 heavy (non-hydrogen) atoms. The zero-order chi connectivity index (χ0) is 16.2. The van der Waals surface area contributed by atoms with E-state index in [-0.39, 0.29) is 0 Å². The van der Waals surface area contributed by atoms with Crippen LogP contribution in [0.25, 0.3) is 0 Å². The molecule has 1 saturated heterocycles. The van der Waals surface area contributed by atoms with E-state index in [1.165, 1.54) is 25.7 Å². The smallest absolute Gasteiger partial charge is 0.223 e. The lowest BCUT2D eigenvalue weighted by atomic mass is 10.1. The van der Waals surface area contributed by atoms with Crippen molar-refractivity contribution in [2.45, 2.75) is 51.5 Å². The molecular formula is C17H27N5O. The van der Waals surface area contributed by atoms with Gasteiger partial charge in [0.1, 0.15) is 11.6 Å². The van der Waals surface area contributed by atoms with Crippen LogP contribution in [-0.4, -0.2) is 46.5 Å². The average Bonchev–Trinajstić information content (AvgIpc) is 3.14. The maximum atomic E-state index is 12.2. The lowest BCUT2D eigenvalue weighted by Crippen LogP contribution is -2.34. The van der Waals surface area contributed by atoms with Gasteiger partial charge in [-0.05, 0) is 26.3 Å². The van der Waals surface area contributed by atoms with Gasteiger partial charge in [0.15, 0.2) is 0 Å². The van der Waals surface area contributed by atoms with Gasteiger partial charge in [0.25, 0.3) is 0 Å². The van der Waals surface area contributed by atoms with Gasteiger partial charge >= 0.3 is 0 Å². The number of anilines is 1. The highest BCUT2D eigenvalue weighted by molar-refractivity contribution is 5.79. The molecule has 1 aliphatic heterocycles. The summed E-state index contributed by atoms with van der Waals surface area (Å²) in [6, 6.07) is 2.45. The molecule has 0 radical (unpaired) electrons. The van der Waals surface area contributed by atoms with Crippen molar-refractivity contribution in [1.82, 2.24) is 14.9 Å². The van der Waals surface area contributed by atoms with Gasteiger partial charge in [0, 0.05) is 49.7 Å². The van der Waals surface area contributed by atoms with Crippen molar-refractivity contribution >= 4 is 11.7 Å². The van der Waals surface area contributed by atoms with Gasteiger partial charge < -0.3 is 16.0 Å². The van der Waals surface area contributed by atoms with E-state index in [4.69, 9.17) is 5.73 Å². The lowest BCUT2D eigenvalue weighted by Gasteiger charge is -2.24. The molecule has 0 aromatic carbocycles. The first-order chi connectivity index (χ1) is 11.2. The summed E-state index contributed by atoms with van der Waals surface area (Å²) in [6.07, 6.45) is 6.31. The molecule has 1 aromatic heterocycles. The van der Waals surface area contributed by atoms with Gasteiger partial charge in [-0.25, -0.2) is 9.97 Å². The molecule has 2 aliphatic rings. The maximum absolute atomic E-state index is 12.2. The van der Waals surface area contributed by atoms with Crippen LogP contribution < -0.4 is 11.1 Å². The summed E-state index contributed by atoms with van der Waals surface area (Å²) in [4.78, 5) is 23.2. The van der Waals surface area contributed by atoms with E-state index in [1.807, 2.05) is 13.0 Å². The van der Waals surface area contributed by atoms with Gasteiger partial charge in [0.2, 0.25) is 5.91 Å². The van der Waals surface area contributed by atoms with E-state index in [2.05, 4.69) is 20.2 Å². The summed E-state index contributed by atoms with van der Waals surface area (Å²) in [7, 11) is 0. The molecule has 1 atom stereocenters. The number of carbonyl (C=O) groups excluding carboxylic acids is 1. The van der Waals surface area contributed by atoms with Gasteiger partial charge in [-0.2, -0.15) is 0 Å². The van der Waals surface area contributed by atoms with Crippen LogP contribution in [0.1, 0.15) is 43.6 Å². The molecule has 2 fully saturated rings. The molecular weight excluding hydrogens is 290 g/mol. The van der Waals surface area contributed by atoms with E-state index < -0.39 is 0 Å². The zero-order valence-corrected chi connectivity index (χ0v) is 13.9. The van der Waals surface area contributed by atoms with Gasteiger partial charge in [-0.15, -0.1) is 0 Å². The fourth-order valence-corrected chi connectivity index (χ4v) is 3.76. The number of aromatic nitrogens is 2. The number of hydrogen-bond acceptors (Lipinski definition) is 5. The second-order valence-electron chi connectivity index (χ2n) is 6.77. The molecule has 1 aromatic rings. The lowest BCUT2D eigenvalue weighted by molar-refractivity contribution is -0.129. The number of nitrogens with two attached hydrogens (primary N) is 1. The van der Waals surface area contributed by atoms with Gasteiger partial charge in [-0.3, -0.25) is 4.79 Å². The third-order valence-corrected chi connectivity index (χ3v) is 4.87. The van der Waals surface area contributed by atoms with Crippen LogP contribution >= 0.6 is 0 Å². The van der Waals surface area contributed by atoms with Crippen molar-refractivity contribution in [2.24, 2.45) is 11.7 Å². The fourth-order valence-electron chi connectivity index (χ4n) is 3.76. The largest absolute Gasteiger partial charge is 0.370 e. The number of carbonyl (C=O) groups is 1. The number of likely N-dealkylation sites (tertiary alicyclic amines) is 1. The summed E-state index contributed by atoms with van der Waals surface area (Å²) in [5.74, 6) is 2.30. The van der Waals surface area contributed by atoms with Crippen molar-refractivity contribution in [1.29, 1.82) is 0 Å². The molecule has 3 rings (SSSR count). The second-order valence-corrected chi connectivity index (χ2v) is 6.77. The standard InChI is InChI=1S/C17H27N5O/c1-12-20-14(6-7-18)9-16(21-12)19-10-13-8-17(23)22(11-13)15-4-2-3-5-15/h9,13,15H,2-8,10-11,18H2,1H3,(H,19,20,21)/t13-/m0/s1. The Balaban J connectivity index is 1.55. The molecule has 6 nitrogen and oxygen atoms in total. The monoisotopic (exact) mass is 317 g/mol. The molecule has 1 aliphatic carbocycles. The minimum atomic E-state index is 0.325. The van der Waals surface area contributed by atoms with Crippen LogP contribution in [0.5, 0.6) is 0 Å². The van der Waals surface area contributed by atoms with Crippen LogP contribution in [0.3, 0.4) is 0 Å². The van der Waals surface area contributed by atoms with E-state index >= 15 is 0 Å². The third kappa shape index (κ3) is 3.99. The number of nitrogens with zero attached hydrogens (tertiary/aromatic N) is 3. The number of amides is 1. The fraction of sp³-hybridized carbons (Fsp3) is 0.706. The molecule has 0 bridgehead atoms. The summed E-state index contributed by atoms with van der Waals surface area (Å²) >= 11 is 0. The minimum absolute atomic E-state index is 0.325. The Morgan fingerprint density at radius 1 is 1.35 bits per heavy atom. The molecule has 0 unspecified atom stereocenters. The first-order valence-corrected chi connectivity index (χ1v) is 8.73. The normalized spacial score (nSPS) is 22.1. The highest BCUT2D eigenvalue weighted by Gasteiger charge is 2.35. The van der Waals surface area contributed by atoms with Crippen molar-refractivity contribution in [3.05, 3.63) is 17.6 Å². The van der Waals surface area contributed by atoms with E-state index in [0.717, 1.165) is 36.8 Å². The Bertz CT molecular complexity index is 556. The Labute approximate surface area is 137 Å². The van der Waals surface area contributed by atoms with E-state index in [9.17, 15) is 4.79 Å². The first kappa shape index (κ1) is 16.2. The quantitative estimate of drug-likeness (QED) is 0.830. The number of aryl methyl sites for hydroxylation is 1. The number of nitrogens with one attached hydrogen (secondary N) is 1. The predicted molar refractivity (Wildman–Crippen MR) is 90.1 cm³/mol. The molecule has 1 amide bonds. The Hall–Kier alpha value is -1.69. The van der Waals surface area contributed by atoms with Crippen LogP contribution in [0.15, 0.2) is 6.07 Å². The van der Waals surface area contributed by atoms with E-state index in [0.29, 0.717) is 30.8 Å². The van der Waals surface area contributed by atoms with Gasteiger partial charge in [0.05, 0.1) is 0 Å². The third-order valence-electron chi connectivity index (χ3n) is 4.87. The zero-order valence-electron chi connectivity index (χ0n) is 13.9. The van der Waals surface area contributed by atoms with E-state index in [1.54, 1.807) is 0 Å². The molecule has 0 spiro atoms. The maximum Gasteiger partial charge on any atom is 0.223 e. The SMILES string of the molecule is Cc1nc(CCN)cc(NC[C@@H]2CC(=O)N(C3CCCC3)C2)n1. The molecule has 3 N–H and O–H groups in total. The topological polar surface area (TPSA) is 84.1 Å². The Kier molecular flexibility index (Phi) is 5.10. The summed E-state index contributed by atoms with van der Waals surface area (Å²) in [6.45, 7) is 4.15. The Morgan fingerprint density at radius 3 is 2.87 bits per heavy atom.